The number of aromatic nitrogens is 4. The lowest BCUT2D eigenvalue weighted by molar-refractivity contribution is -0.120. The Bertz CT molecular complexity index is 1060. The molecule has 0 bridgehead atoms. The molecule has 1 amide bonds. The van der Waals surface area contributed by atoms with E-state index in [9.17, 15) is 4.79 Å². The highest BCUT2D eigenvalue weighted by atomic mass is 16.1. The number of benzene rings is 1. The third-order valence-electron chi connectivity index (χ3n) is 6.32. The molecule has 1 N–H and O–H groups in total. The number of carbonyl (C=O) groups excluding carboxylic acids is 1. The van der Waals surface area contributed by atoms with Gasteiger partial charge in [0.2, 0.25) is 5.91 Å². The summed E-state index contributed by atoms with van der Waals surface area (Å²) >= 11 is 0. The van der Waals surface area contributed by atoms with Crippen molar-refractivity contribution < 1.29 is 4.79 Å². The summed E-state index contributed by atoms with van der Waals surface area (Å²) in [5, 5.41) is 7.60. The number of carbonyl (C=O) groups is 1. The quantitative estimate of drug-likeness (QED) is 0.744. The fourth-order valence-corrected chi connectivity index (χ4v) is 4.72. The molecule has 0 radical (unpaired) electrons. The van der Waals surface area contributed by atoms with E-state index in [-0.39, 0.29) is 11.8 Å². The van der Waals surface area contributed by atoms with Crippen molar-refractivity contribution in [3.63, 3.8) is 0 Å². The number of aryl methyl sites for hydroxylation is 3. The van der Waals surface area contributed by atoms with Crippen LogP contribution in [0.1, 0.15) is 41.6 Å². The number of anilines is 2. The first-order valence-corrected chi connectivity index (χ1v) is 10.5. The van der Waals surface area contributed by atoms with Gasteiger partial charge in [0.05, 0.1) is 5.69 Å². The van der Waals surface area contributed by atoms with Gasteiger partial charge in [-0.05, 0) is 57.1 Å². The molecular weight excluding hydrogens is 364 g/mol. The zero-order chi connectivity index (χ0) is 20.0. The van der Waals surface area contributed by atoms with Gasteiger partial charge in [-0.25, -0.2) is 4.98 Å². The summed E-state index contributed by atoms with van der Waals surface area (Å²) in [5.41, 5.74) is 5.64. The van der Waals surface area contributed by atoms with Gasteiger partial charge < -0.3 is 10.2 Å². The van der Waals surface area contributed by atoms with Crippen LogP contribution in [0.2, 0.25) is 0 Å². The minimum atomic E-state index is 0.0337. The summed E-state index contributed by atoms with van der Waals surface area (Å²) in [6.07, 6.45) is 6.44. The fourth-order valence-electron chi connectivity index (χ4n) is 4.72. The number of fused-ring (bicyclic) bond motifs is 2. The number of piperidine rings is 1. The summed E-state index contributed by atoms with van der Waals surface area (Å²) in [6, 6.07) is 6.11. The Morgan fingerprint density at radius 2 is 1.90 bits per heavy atom. The molecule has 0 unspecified atom stereocenters. The molecular formula is C22H26N6O. The van der Waals surface area contributed by atoms with Crippen LogP contribution in [0.3, 0.4) is 0 Å². The lowest BCUT2D eigenvalue weighted by atomic mass is 9.95. The van der Waals surface area contributed by atoms with E-state index >= 15 is 0 Å². The van der Waals surface area contributed by atoms with Gasteiger partial charge in [0, 0.05) is 30.3 Å². The maximum atomic E-state index is 12.9. The van der Waals surface area contributed by atoms with E-state index in [0.29, 0.717) is 5.78 Å². The Hall–Kier alpha value is -2.96. The highest BCUT2D eigenvalue weighted by molar-refractivity contribution is 5.94. The molecule has 1 fully saturated rings. The first-order chi connectivity index (χ1) is 14.1. The first kappa shape index (κ1) is 18.1. The zero-order valence-corrected chi connectivity index (χ0v) is 17.0. The molecule has 0 atom stereocenters. The van der Waals surface area contributed by atoms with Crippen molar-refractivity contribution in [2.24, 2.45) is 5.92 Å². The minimum absolute atomic E-state index is 0.0337. The van der Waals surface area contributed by atoms with Crippen LogP contribution in [0.4, 0.5) is 11.5 Å². The van der Waals surface area contributed by atoms with Gasteiger partial charge >= 0.3 is 0 Å². The van der Waals surface area contributed by atoms with Crippen LogP contribution in [-0.2, 0) is 17.6 Å². The number of nitrogens with zero attached hydrogens (tertiary/aromatic N) is 5. The third kappa shape index (κ3) is 3.14. The van der Waals surface area contributed by atoms with Crippen molar-refractivity contribution in [3.05, 3.63) is 46.9 Å². The maximum absolute atomic E-state index is 12.9. The predicted molar refractivity (Wildman–Crippen MR) is 112 cm³/mol. The van der Waals surface area contributed by atoms with Crippen molar-refractivity contribution in [2.75, 3.05) is 23.3 Å². The average Bonchev–Trinajstić information content (AvgIpc) is 3.38. The first-order valence-electron chi connectivity index (χ1n) is 10.5. The lowest BCUT2D eigenvalue weighted by Crippen LogP contribution is -2.39. The van der Waals surface area contributed by atoms with E-state index in [0.717, 1.165) is 73.5 Å². The summed E-state index contributed by atoms with van der Waals surface area (Å²) in [7, 11) is 0. The van der Waals surface area contributed by atoms with Gasteiger partial charge in [-0.2, -0.15) is 14.6 Å². The number of rotatable bonds is 3. The number of para-hydroxylation sites is 1. The van der Waals surface area contributed by atoms with Crippen LogP contribution < -0.4 is 10.2 Å². The summed E-state index contributed by atoms with van der Waals surface area (Å²) < 4.78 is 1.88. The molecule has 0 spiro atoms. The van der Waals surface area contributed by atoms with Gasteiger partial charge in [0.25, 0.3) is 5.78 Å². The Kier molecular flexibility index (Phi) is 4.45. The van der Waals surface area contributed by atoms with Crippen molar-refractivity contribution in [1.29, 1.82) is 0 Å². The van der Waals surface area contributed by atoms with E-state index in [4.69, 9.17) is 0 Å². The van der Waals surface area contributed by atoms with E-state index in [1.807, 2.05) is 36.6 Å². The Labute approximate surface area is 170 Å². The molecule has 7 nitrogen and oxygen atoms in total. The highest BCUT2D eigenvalue weighted by Gasteiger charge is 2.30. The van der Waals surface area contributed by atoms with Crippen LogP contribution in [0.15, 0.2) is 24.5 Å². The minimum Gasteiger partial charge on any atom is -0.356 e. The Morgan fingerprint density at radius 3 is 2.66 bits per heavy atom. The molecule has 150 valence electrons. The van der Waals surface area contributed by atoms with Crippen LogP contribution in [0, 0.1) is 19.8 Å². The van der Waals surface area contributed by atoms with Gasteiger partial charge in [-0.3, -0.25) is 4.79 Å². The molecule has 7 heteroatoms. The molecule has 0 saturated carbocycles. The normalized spacial score (nSPS) is 17.0. The molecule has 3 heterocycles. The van der Waals surface area contributed by atoms with Crippen LogP contribution >= 0.6 is 0 Å². The van der Waals surface area contributed by atoms with E-state index in [1.165, 1.54) is 5.56 Å². The molecule has 1 saturated heterocycles. The van der Waals surface area contributed by atoms with E-state index in [1.54, 1.807) is 6.33 Å². The van der Waals surface area contributed by atoms with Crippen LogP contribution in [0.25, 0.3) is 5.78 Å². The van der Waals surface area contributed by atoms with Crippen molar-refractivity contribution in [2.45, 2.75) is 46.0 Å². The smallest absolute Gasteiger partial charge is 0.254 e. The maximum Gasteiger partial charge on any atom is 0.254 e. The molecule has 1 aliphatic carbocycles. The topological polar surface area (TPSA) is 75.4 Å². The molecule has 5 rings (SSSR count). The van der Waals surface area contributed by atoms with Crippen LogP contribution in [0.5, 0.6) is 0 Å². The molecule has 3 aromatic rings. The molecule has 29 heavy (non-hydrogen) atoms. The van der Waals surface area contributed by atoms with E-state index in [2.05, 4.69) is 25.3 Å². The summed E-state index contributed by atoms with van der Waals surface area (Å²) in [5.74, 6) is 1.98. The number of hydrogen-bond donors (Lipinski definition) is 1. The SMILES string of the molecule is Cc1cccc(C)c1NC(=O)C1CCN(c2c3c(nc4ncnn24)CCC3)CC1. The third-order valence-corrected chi connectivity index (χ3v) is 6.32. The summed E-state index contributed by atoms with van der Waals surface area (Å²) in [6.45, 7) is 5.77. The van der Waals surface area contributed by atoms with Gasteiger partial charge in [-0.1, -0.05) is 18.2 Å². The van der Waals surface area contributed by atoms with E-state index < -0.39 is 0 Å². The van der Waals surface area contributed by atoms with Gasteiger partial charge in [0.1, 0.15) is 12.1 Å². The second-order valence-electron chi connectivity index (χ2n) is 8.20. The van der Waals surface area contributed by atoms with Gasteiger partial charge in [0.15, 0.2) is 0 Å². The Balaban J connectivity index is 1.33. The monoisotopic (exact) mass is 390 g/mol. The highest BCUT2D eigenvalue weighted by Crippen LogP contribution is 2.33. The van der Waals surface area contributed by atoms with Crippen LogP contribution in [-0.4, -0.2) is 38.6 Å². The standard InChI is InChI=1S/C22H26N6O/c1-14-5-3-6-15(2)19(14)26-20(29)16-9-11-27(12-10-16)21-17-7-4-8-18(17)25-22-23-13-24-28(21)22/h3,5-6,13,16H,4,7-12H2,1-2H3,(H,26,29). The molecule has 2 aromatic heterocycles. The fraction of sp³-hybridized carbons (Fsp3) is 0.455. The van der Waals surface area contributed by atoms with Crippen molar-refractivity contribution in [1.82, 2.24) is 19.6 Å². The largest absolute Gasteiger partial charge is 0.356 e. The van der Waals surface area contributed by atoms with Crippen molar-refractivity contribution in [3.8, 4) is 0 Å². The number of nitrogens with one attached hydrogen (secondary N) is 1. The average molecular weight is 390 g/mol. The summed E-state index contributed by atoms with van der Waals surface area (Å²) in [4.78, 5) is 24.3. The van der Waals surface area contributed by atoms with Gasteiger partial charge in [-0.15, -0.1) is 0 Å². The second-order valence-corrected chi connectivity index (χ2v) is 8.20. The zero-order valence-electron chi connectivity index (χ0n) is 17.0. The molecule has 1 aliphatic heterocycles. The number of hydrogen-bond acceptors (Lipinski definition) is 5. The predicted octanol–water partition coefficient (Wildman–Crippen LogP) is 3.08. The molecule has 2 aliphatic rings. The second kappa shape index (κ2) is 7.13. The lowest BCUT2D eigenvalue weighted by Gasteiger charge is -2.34. The molecule has 1 aromatic carbocycles. The Morgan fingerprint density at radius 1 is 1.14 bits per heavy atom. The van der Waals surface area contributed by atoms with Crippen molar-refractivity contribution >= 4 is 23.2 Å². The number of amides is 1.